The summed E-state index contributed by atoms with van der Waals surface area (Å²) in [6.45, 7) is 4.24. The molecule has 0 aliphatic heterocycles. The lowest BCUT2D eigenvalue weighted by atomic mass is 9.86. The van der Waals surface area contributed by atoms with Crippen molar-refractivity contribution >= 4 is 17.7 Å². The Morgan fingerprint density at radius 2 is 2.00 bits per heavy atom. The molecule has 2 aromatic rings. The number of benzene rings is 1. The van der Waals surface area contributed by atoms with Crippen LogP contribution < -0.4 is 11.2 Å². The van der Waals surface area contributed by atoms with Gasteiger partial charge in [0.1, 0.15) is 0 Å². The first-order valence-corrected chi connectivity index (χ1v) is 9.73. The van der Waals surface area contributed by atoms with Crippen LogP contribution in [-0.4, -0.2) is 32.6 Å². The smallest absolute Gasteiger partial charge is 0.230 e. The molecule has 134 valence electrons. The number of aryl methyl sites for hydroxylation is 1. The standard InChI is InChI=1S/C18H25N5OS/c1-12-7-9-14(10-8-12)17-21-22-18(23(17)19)25-11-16(24)20-15-6-4-3-5-13(15)2/h7-10,13,15H,3-6,11,19H2,1-2H3,(H,20,24)/t13-,15-/m1/s1. The number of thioether (sulfide) groups is 1. The average molecular weight is 359 g/mol. The molecule has 1 aromatic carbocycles. The van der Waals surface area contributed by atoms with Crippen LogP contribution in [0.4, 0.5) is 0 Å². The monoisotopic (exact) mass is 359 g/mol. The van der Waals surface area contributed by atoms with E-state index in [1.807, 2.05) is 31.2 Å². The third-order valence-electron chi connectivity index (χ3n) is 4.76. The summed E-state index contributed by atoms with van der Waals surface area (Å²) in [5.41, 5.74) is 2.09. The molecule has 0 unspecified atom stereocenters. The molecule has 1 aliphatic rings. The number of nitrogens with one attached hydrogen (secondary N) is 1. The van der Waals surface area contributed by atoms with Gasteiger partial charge in [-0.25, -0.2) is 4.68 Å². The van der Waals surface area contributed by atoms with E-state index in [-0.39, 0.29) is 5.91 Å². The molecule has 0 radical (unpaired) electrons. The third-order valence-corrected chi connectivity index (χ3v) is 5.71. The van der Waals surface area contributed by atoms with Crippen LogP contribution in [0.3, 0.4) is 0 Å². The van der Waals surface area contributed by atoms with Crippen molar-refractivity contribution in [1.82, 2.24) is 20.2 Å². The van der Waals surface area contributed by atoms with Crippen molar-refractivity contribution in [1.29, 1.82) is 0 Å². The molecule has 2 atom stereocenters. The zero-order valence-electron chi connectivity index (χ0n) is 14.7. The van der Waals surface area contributed by atoms with Gasteiger partial charge in [-0.1, -0.05) is 61.4 Å². The Bertz CT molecular complexity index is 728. The van der Waals surface area contributed by atoms with Crippen LogP contribution in [0.2, 0.25) is 0 Å². The SMILES string of the molecule is Cc1ccc(-c2nnc(SCC(=O)N[C@@H]3CCCC[C@H]3C)n2N)cc1. The third kappa shape index (κ3) is 4.34. The number of hydrogen-bond donors (Lipinski definition) is 2. The van der Waals surface area contributed by atoms with E-state index in [0.717, 1.165) is 12.0 Å². The van der Waals surface area contributed by atoms with E-state index < -0.39 is 0 Å². The molecule has 1 saturated carbocycles. The molecule has 0 saturated heterocycles. The molecular formula is C18H25N5OS. The van der Waals surface area contributed by atoms with Crippen molar-refractivity contribution in [2.75, 3.05) is 11.6 Å². The van der Waals surface area contributed by atoms with Gasteiger partial charge in [-0.2, -0.15) is 0 Å². The van der Waals surface area contributed by atoms with Crippen molar-refractivity contribution in [3.8, 4) is 11.4 Å². The molecule has 1 heterocycles. The topological polar surface area (TPSA) is 85.8 Å². The molecule has 6 nitrogen and oxygen atoms in total. The normalized spacial score (nSPS) is 20.4. The predicted octanol–water partition coefficient (Wildman–Crippen LogP) is 2.75. The summed E-state index contributed by atoms with van der Waals surface area (Å²) >= 11 is 1.32. The zero-order valence-corrected chi connectivity index (χ0v) is 15.6. The van der Waals surface area contributed by atoms with Gasteiger partial charge in [0.05, 0.1) is 5.75 Å². The van der Waals surface area contributed by atoms with Crippen molar-refractivity contribution in [3.63, 3.8) is 0 Å². The van der Waals surface area contributed by atoms with Gasteiger partial charge >= 0.3 is 0 Å². The molecule has 1 amide bonds. The fraction of sp³-hybridized carbons (Fsp3) is 0.500. The molecule has 1 aliphatic carbocycles. The van der Waals surface area contributed by atoms with Gasteiger partial charge in [-0.3, -0.25) is 4.79 Å². The van der Waals surface area contributed by atoms with Gasteiger partial charge in [-0.15, -0.1) is 10.2 Å². The fourth-order valence-electron chi connectivity index (χ4n) is 3.18. The first-order valence-electron chi connectivity index (χ1n) is 8.74. The molecule has 3 N–H and O–H groups in total. The van der Waals surface area contributed by atoms with Crippen molar-refractivity contribution < 1.29 is 4.79 Å². The molecule has 25 heavy (non-hydrogen) atoms. The first-order chi connectivity index (χ1) is 12.0. The largest absolute Gasteiger partial charge is 0.352 e. The quantitative estimate of drug-likeness (QED) is 0.633. The van der Waals surface area contributed by atoms with Crippen molar-refractivity contribution in [3.05, 3.63) is 29.8 Å². The lowest BCUT2D eigenvalue weighted by Gasteiger charge is -2.29. The zero-order chi connectivity index (χ0) is 17.8. The summed E-state index contributed by atoms with van der Waals surface area (Å²) in [4.78, 5) is 12.2. The summed E-state index contributed by atoms with van der Waals surface area (Å²) in [5.74, 6) is 7.59. The summed E-state index contributed by atoms with van der Waals surface area (Å²) in [6, 6.07) is 8.24. The number of nitrogen functional groups attached to an aromatic ring is 1. The summed E-state index contributed by atoms with van der Waals surface area (Å²) in [6.07, 6.45) is 4.72. The maximum atomic E-state index is 12.2. The second-order valence-corrected chi connectivity index (χ2v) is 7.71. The van der Waals surface area contributed by atoms with Crippen LogP contribution >= 0.6 is 11.8 Å². The van der Waals surface area contributed by atoms with E-state index in [0.29, 0.717) is 28.7 Å². The van der Waals surface area contributed by atoms with Crippen LogP contribution in [0.25, 0.3) is 11.4 Å². The molecule has 0 bridgehead atoms. The highest BCUT2D eigenvalue weighted by molar-refractivity contribution is 7.99. The highest BCUT2D eigenvalue weighted by Gasteiger charge is 2.23. The van der Waals surface area contributed by atoms with Crippen molar-refractivity contribution in [2.24, 2.45) is 5.92 Å². The minimum Gasteiger partial charge on any atom is -0.352 e. The van der Waals surface area contributed by atoms with E-state index in [1.54, 1.807) is 0 Å². The molecular weight excluding hydrogens is 334 g/mol. The fourth-order valence-corrected chi connectivity index (χ4v) is 3.85. The Balaban J connectivity index is 1.58. The number of hydrogen-bond acceptors (Lipinski definition) is 5. The molecule has 3 rings (SSSR count). The Hall–Kier alpha value is -2.02. The number of aromatic nitrogens is 3. The Kier molecular flexibility index (Phi) is 5.63. The number of nitrogens with zero attached hydrogens (tertiary/aromatic N) is 3. The van der Waals surface area contributed by atoms with Crippen LogP contribution in [0, 0.1) is 12.8 Å². The molecule has 7 heteroatoms. The summed E-state index contributed by atoms with van der Waals surface area (Å²) in [5, 5.41) is 12.0. The minimum atomic E-state index is 0.0311. The average Bonchev–Trinajstić information content (AvgIpc) is 2.97. The lowest BCUT2D eigenvalue weighted by Crippen LogP contribution is -2.41. The van der Waals surface area contributed by atoms with Crippen molar-refractivity contribution in [2.45, 2.75) is 50.7 Å². The maximum Gasteiger partial charge on any atom is 0.230 e. The van der Waals surface area contributed by atoms with Gasteiger partial charge in [0, 0.05) is 11.6 Å². The minimum absolute atomic E-state index is 0.0311. The van der Waals surface area contributed by atoms with Gasteiger partial charge in [0.25, 0.3) is 0 Å². The number of carbonyl (C=O) groups excluding carboxylic acids is 1. The summed E-state index contributed by atoms with van der Waals surface area (Å²) in [7, 11) is 0. The van der Waals surface area contributed by atoms with E-state index in [1.165, 1.54) is 41.3 Å². The number of amides is 1. The van der Waals surface area contributed by atoms with E-state index in [9.17, 15) is 4.79 Å². The first kappa shape index (κ1) is 17.8. The Morgan fingerprint density at radius 1 is 1.28 bits per heavy atom. The number of rotatable bonds is 5. The van der Waals surface area contributed by atoms with E-state index >= 15 is 0 Å². The number of nitrogens with two attached hydrogens (primary N) is 1. The van der Waals surface area contributed by atoms with Gasteiger partial charge in [0.2, 0.25) is 11.1 Å². The second kappa shape index (κ2) is 7.91. The van der Waals surface area contributed by atoms with Crippen LogP contribution in [0.1, 0.15) is 38.2 Å². The van der Waals surface area contributed by atoms with Gasteiger partial charge < -0.3 is 11.2 Å². The van der Waals surface area contributed by atoms with Gasteiger partial charge in [-0.05, 0) is 25.7 Å². The van der Waals surface area contributed by atoms with Crippen LogP contribution in [0.15, 0.2) is 29.4 Å². The number of carbonyl (C=O) groups is 1. The maximum absolute atomic E-state index is 12.2. The Morgan fingerprint density at radius 3 is 2.72 bits per heavy atom. The highest BCUT2D eigenvalue weighted by atomic mass is 32.2. The van der Waals surface area contributed by atoms with Gasteiger partial charge in [0.15, 0.2) is 5.82 Å². The lowest BCUT2D eigenvalue weighted by molar-refractivity contribution is -0.119. The van der Waals surface area contributed by atoms with Crippen LogP contribution in [0.5, 0.6) is 0 Å². The van der Waals surface area contributed by atoms with E-state index in [2.05, 4.69) is 22.4 Å². The molecule has 0 spiro atoms. The highest BCUT2D eigenvalue weighted by Crippen LogP contribution is 2.25. The van der Waals surface area contributed by atoms with Crippen LogP contribution in [-0.2, 0) is 4.79 Å². The summed E-state index contributed by atoms with van der Waals surface area (Å²) < 4.78 is 1.45. The Labute approximate surface area is 152 Å². The van der Waals surface area contributed by atoms with E-state index in [4.69, 9.17) is 5.84 Å². The predicted molar refractivity (Wildman–Crippen MR) is 101 cm³/mol. The second-order valence-electron chi connectivity index (χ2n) is 6.77. The molecule has 1 aromatic heterocycles. The molecule has 1 fully saturated rings.